The highest BCUT2D eigenvalue weighted by atomic mass is 35.5. The van der Waals surface area contributed by atoms with Gasteiger partial charge in [0.15, 0.2) is 0 Å². The quantitative estimate of drug-likeness (QED) is 0.784. The second-order valence-corrected chi connectivity index (χ2v) is 4.91. The Kier molecular flexibility index (Phi) is 3.86. The molecule has 0 aliphatic heterocycles. The van der Waals surface area contributed by atoms with Crippen LogP contribution in [0.25, 0.3) is 0 Å². The van der Waals surface area contributed by atoms with Crippen LogP contribution in [-0.2, 0) is 0 Å². The normalized spacial score (nSPS) is 10.3. The molecule has 3 nitrogen and oxygen atoms in total. The van der Waals surface area contributed by atoms with E-state index in [9.17, 15) is 4.79 Å². The summed E-state index contributed by atoms with van der Waals surface area (Å²) in [4.78, 5) is 17.9. The number of aromatic nitrogens is 1. The van der Waals surface area contributed by atoms with Gasteiger partial charge >= 0.3 is 0 Å². The Morgan fingerprint density at radius 3 is 2.58 bits per heavy atom. The van der Waals surface area contributed by atoms with Gasteiger partial charge in [-0.1, -0.05) is 29.3 Å². The standard InChI is InChI=1S/C15H15ClN2O/c1-10-4-5-13(11(2)8-10)18(3)15(19)12-6-7-17-14(16)9-12/h4-9H,1-3H3. The van der Waals surface area contributed by atoms with E-state index in [1.54, 1.807) is 24.1 Å². The van der Waals surface area contributed by atoms with E-state index in [0.29, 0.717) is 10.7 Å². The number of carbonyl (C=O) groups is 1. The van der Waals surface area contributed by atoms with Gasteiger partial charge in [-0.25, -0.2) is 4.98 Å². The van der Waals surface area contributed by atoms with Gasteiger partial charge in [0.1, 0.15) is 5.15 Å². The molecular weight excluding hydrogens is 260 g/mol. The van der Waals surface area contributed by atoms with Crippen molar-refractivity contribution in [3.63, 3.8) is 0 Å². The van der Waals surface area contributed by atoms with Crippen LogP contribution >= 0.6 is 11.6 Å². The monoisotopic (exact) mass is 274 g/mol. The first-order chi connectivity index (χ1) is 8.99. The Labute approximate surface area is 117 Å². The molecule has 2 aromatic rings. The molecule has 0 atom stereocenters. The molecule has 1 amide bonds. The molecule has 98 valence electrons. The summed E-state index contributed by atoms with van der Waals surface area (Å²) in [5, 5.41) is 0.319. The minimum atomic E-state index is -0.101. The number of hydrogen-bond donors (Lipinski definition) is 0. The molecule has 0 radical (unpaired) electrons. The van der Waals surface area contributed by atoms with E-state index in [4.69, 9.17) is 11.6 Å². The number of halogens is 1. The summed E-state index contributed by atoms with van der Waals surface area (Å²) in [5.74, 6) is -0.101. The molecule has 0 spiro atoms. The average molecular weight is 275 g/mol. The number of benzene rings is 1. The van der Waals surface area contributed by atoms with E-state index in [0.717, 1.165) is 11.3 Å². The van der Waals surface area contributed by atoms with Gasteiger partial charge < -0.3 is 4.90 Å². The minimum Gasteiger partial charge on any atom is -0.311 e. The number of aryl methyl sites for hydroxylation is 2. The van der Waals surface area contributed by atoms with Crippen molar-refractivity contribution < 1.29 is 4.79 Å². The number of carbonyl (C=O) groups excluding carboxylic acids is 1. The van der Waals surface area contributed by atoms with Crippen LogP contribution < -0.4 is 4.90 Å². The molecule has 0 saturated heterocycles. The maximum atomic E-state index is 12.4. The van der Waals surface area contributed by atoms with Crippen LogP contribution in [0.5, 0.6) is 0 Å². The van der Waals surface area contributed by atoms with Crippen molar-refractivity contribution in [3.05, 3.63) is 58.4 Å². The fourth-order valence-electron chi connectivity index (χ4n) is 2.02. The van der Waals surface area contributed by atoms with Crippen LogP contribution in [0.1, 0.15) is 21.5 Å². The first kappa shape index (κ1) is 13.6. The highest BCUT2D eigenvalue weighted by Gasteiger charge is 2.15. The summed E-state index contributed by atoms with van der Waals surface area (Å²) >= 11 is 5.81. The number of hydrogen-bond acceptors (Lipinski definition) is 2. The second kappa shape index (κ2) is 5.41. The van der Waals surface area contributed by atoms with Crippen LogP contribution in [0, 0.1) is 13.8 Å². The van der Waals surface area contributed by atoms with Gasteiger partial charge in [0, 0.05) is 24.5 Å². The number of rotatable bonds is 2. The van der Waals surface area contributed by atoms with Crippen molar-refractivity contribution in [1.82, 2.24) is 4.98 Å². The van der Waals surface area contributed by atoms with E-state index in [2.05, 4.69) is 11.1 Å². The minimum absolute atomic E-state index is 0.101. The van der Waals surface area contributed by atoms with Crippen molar-refractivity contribution in [3.8, 4) is 0 Å². The number of amides is 1. The van der Waals surface area contributed by atoms with Crippen molar-refractivity contribution in [2.45, 2.75) is 13.8 Å². The molecule has 1 aromatic carbocycles. The lowest BCUT2D eigenvalue weighted by Gasteiger charge is -2.20. The molecule has 0 bridgehead atoms. The number of anilines is 1. The fourth-order valence-corrected chi connectivity index (χ4v) is 2.19. The zero-order valence-electron chi connectivity index (χ0n) is 11.1. The van der Waals surface area contributed by atoms with Crippen molar-refractivity contribution in [2.24, 2.45) is 0 Å². The molecule has 0 N–H and O–H groups in total. The lowest BCUT2D eigenvalue weighted by molar-refractivity contribution is 0.0992. The zero-order chi connectivity index (χ0) is 14.0. The van der Waals surface area contributed by atoms with E-state index in [-0.39, 0.29) is 5.91 Å². The second-order valence-electron chi connectivity index (χ2n) is 4.52. The van der Waals surface area contributed by atoms with E-state index in [1.807, 2.05) is 26.0 Å². The molecule has 0 aliphatic carbocycles. The highest BCUT2D eigenvalue weighted by molar-refractivity contribution is 6.29. The van der Waals surface area contributed by atoms with Gasteiger partial charge in [-0.2, -0.15) is 0 Å². The fraction of sp³-hybridized carbons (Fsp3) is 0.200. The molecule has 4 heteroatoms. The summed E-state index contributed by atoms with van der Waals surface area (Å²) in [7, 11) is 1.76. The van der Waals surface area contributed by atoms with Gasteiger partial charge in [0.05, 0.1) is 0 Å². The summed E-state index contributed by atoms with van der Waals surface area (Å²) in [6, 6.07) is 9.23. The highest BCUT2D eigenvalue weighted by Crippen LogP contribution is 2.22. The maximum Gasteiger partial charge on any atom is 0.258 e. The van der Waals surface area contributed by atoms with Crippen molar-refractivity contribution in [1.29, 1.82) is 0 Å². The molecule has 1 aromatic heterocycles. The predicted molar refractivity (Wildman–Crippen MR) is 77.9 cm³/mol. The molecule has 2 rings (SSSR count). The lowest BCUT2D eigenvalue weighted by atomic mass is 10.1. The van der Waals surface area contributed by atoms with Crippen LogP contribution in [0.4, 0.5) is 5.69 Å². The Morgan fingerprint density at radius 2 is 1.95 bits per heavy atom. The van der Waals surface area contributed by atoms with E-state index in [1.165, 1.54) is 11.8 Å². The topological polar surface area (TPSA) is 33.2 Å². The Bertz CT molecular complexity index is 625. The van der Waals surface area contributed by atoms with Crippen molar-refractivity contribution >= 4 is 23.2 Å². The predicted octanol–water partition coefficient (Wildman–Crippen LogP) is 3.63. The average Bonchev–Trinajstić information content (AvgIpc) is 2.37. The molecular formula is C15H15ClN2O. The van der Waals surface area contributed by atoms with Crippen molar-refractivity contribution in [2.75, 3.05) is 11.9 Å². The van der Waals surface area contributed by atoms with Crippen LogP contribution in [0.15, 0.2) is 36.5 Å². The van der Waals surface area contributed by atoms with Crippen LogP contribution in [0.3, 0.4) is 0 Å². The van der Waals surface area contributed by atoms with Crippen LogP contribution in [0.2, 0.25) is 5.15 Å². The number of pyridine rings is 1. The first-order valence-electron chi connectivity index (χ1n) is 5.96. The third-order valence-electron chi connectivity index (χ3n) is 2.99. The van der Waals surface area contributed by atoms with Gasteiger partial charge in [0.2, 0.25) is 0 Å². The van der Waals surface area contributed by atoms with Gasteiger partial charge in [0.25, 0.3) is 5.91 Å². The summed E-state index contributed by atoms with van der Waals surface area (Å²) in [6.07, 6.45) is 1.53. The third-order valence-corrected chi connectivity index (χ3v) is 3.20. The first-order valence-corrected chi connectivity index (χ1v) is 6.33. The van der Waals surface area contributed by atoms with Gasteiger partial charge in [-0.3, -0.25) is 4.79 Å². The Balaban J connectivity index is 2.33. The molecule has 1 heterocycles. The lowest BCUT2D eigenvalue weighted by Crippen LogP contribution is -2.26. The summed E-state index contributed by atoms with van der Waals surface area (Å²) in [6.45, 7) is 4.02. The van der Waals surface area contributed by atoms with Gasteiger partial charge in [-0.05, 0) is 37.6 Å². The maximum absolute atomic E-state index is 12.4. The smallest absolute Gasteiger partial charge is 0.258 e. The molecule has 0 unspecified atom stereocenters. The van der Waals surface area contributed by atoms with Crippen LogP contribution in [-0.4, -0.2) is 17.9 Å². The third kappa shape index (κ3) is 2.93. The number of nitrogens with zero attached hydrogens (tertiary/aromatic N) is 2. The SMILES string of the molecule is Cc1ccc(N(C)C(=O)c2ccnc(Cl)c2)c(C)c1. The summed E-state index contributed by atoms with van der Waals surface area (Å²) in [5.41, 5.74) is 3.66. The summed E-state index contributed by atoms with van der Waals surface area (Å²) < 4.78 is 0. The zero-order valence-corrected chi connectivity index (χ0v) is 11.9. The molecule has 0 fully saturated rings. The van der Waals surface area contributed by atoms with E-state index >= 15 is 0 Å². The Hall–Kier alpha value is -1.87. The Morgan fingerprint density at radius 1 is 1.21 bits per heavy atom. The van der Waals surface area contributed by atoms with Gasteiger partial charge in [-0.15, -0.1) is 0 Å². The largest absolute Gasteiger partial charge is 0.311 e. The molecule has 19 heavy (non-hydrogen) atoms. The van der Waals surface area contributed by atoms with E-state index < -0.39 is 0 Å². The molecule has 0 saturated carbocycles. The molecule has 0 aliphatic rings.